The smallest absolute Gasteiger partial charge is 0.308 e. The monoisotopic (exact) mass is 510 g/mol. The van der Waals surface area contributed by atoms with Gasteiger partial charge in [0.1, 0.15) is 0 Å². The fraction of sp³-hybridized carbons (Fsp3) is 0.867. The molecule has 0 bridgehead atoms. The van der Waals surface area contributed by atoms with E-state index in [1.54, 1.807) is 7.11 Å². The highest BCUT2D eigenvalue weighted by molar-refractivity contribution is 5.81. The highest BCUT2D eigenvalue weighted by Gasteiger charge is 2.21. The highest BCUT2D eigenvalue weighted by Crippen LogP contribution is 2.22. The van der Waals surface area contributed by atoms with E-state index in [-0.39, 0.29) is 23.7 Å². The minimum atomic E-state index is -0.145. The Kier molecular flexibility index (Phi) is 24.3. The summed E-state index contributed by atoms with van der Waals surface area (Å²) in [5.41, 5.74) is 6.99. The summed E-state index contributed by atoms with van der Waals surface area (Å²) < 4.78 is 10.8. The number of ether oxygens (including phenoxy) is 2. The number of rotatable bonds is 25. The van der Waals surface area contributed by atoms with Crippen molar-refractivity contribution in [1.29, 1.82) is 0 Å². The van der Waals surface area contributed by atoms with Gasteiger partial charge in [-0.25, -0.2) is 0 Å². The van der Waals surface area contributed by atoms with E-state index in [9.17, 15) is 9.59 Å². The van der Waals surface area contributed by atoms with Crippen LogP contribution in [0.4, 0.5) is 0 Å². The van der Waals surface area contributed by atoms with Crippen molar-refractivity contribution in [3.05, 3.63) is 11.6 Å². The fourth-order valence-electron chi connectivity index (χ4n) is 4.61. The lowest BCUT2D eigenvalue weighted by molar-refractivity contribution is -0.149. The predicted octanol–water partition coefficient (Wildman–Crippen LogP) is 6.71. The average molecular weight is 511 g/mol. The van der Waals surface area contributed by atoms with Crippen LogP contribution in [0.1, 0.15) is 124 Å². The summed E-state index contributed by atoms with van der Waals surface area (Å²) in [4.78, 5) is 25.4. The lowest BCUT2D eigenvalue weighted by Crippen LogP contribution is -2.34. The largest absolute Gasteiger partial charge is 0.465 e. The summed E-state index contributed by atoms with van der Waals surface area (Å²) in [6.07, 6.45) is 18.3. The van der Waals surface area contributed by atoms with E-state index in [0.29, 0.717) is 32.7 Å². The summed E-state index contributed by atoms with van der Waals surface area (Å²) in [6, 6.07) is 0. The van der Waals surface area contributed by atoms with Crippen LogP contribution in [0.3, 0.4) is 0 Å². The molecule has 0 fully saturated rings. The quantitative estimate of drug-likeness (QED) is 0.0809. The van der Waals surface area contributed by atoms with Crippen molar-refractivity contribution in [1.82, 2.24) is 5.32 Å². The Bertz CT molecular complexity index is 565. The van der Waals surface area contributed by atoms with Gasteiger partial charge in [0, 0.05) is 20.3 Å². The molecule has 6 nitrogen and oxygen atoms in total. The van der Waals surface area contributed by atoms with Gasteiger partial charge < -0.3 is 20.5 Å². The third-order valence-corrected chi connectivity index (χ3v) is 6.76. The molecule has 36 heavy (non-hydrogen) atoms. The molecular weight excluding hydrogens is 452 g/mol. The zero-order chi connectivity index (χ0) is 26.9. The molecule has 0 spiro atoms. The molecular formula is C30H58N2O4. The van der Waals surface area contributed by atoms with Crippen molar-refractivity contribution < 1.29 is 19.1 Å². The predicted molar refractivity (Wildman–Crippen MR) is 151 cm³/mol. The minimum absolute atomic E-state index is 0.000375. The van der Waals surface area contributed by atoms with Gasteiger partial charge >= 0.3 is 5.97 Å². The molecule has 0 radical (unpaired) electrons. The third kappa shape index (κ3) is 17.9. The number of allylic oxidation sites excluding steroid dienone is 1. The van der Waals surface area contributed by atoms with Gasteiger partial charge in [-0.1, -0.05) is 77.4 Å². The van der Waals surface area contributed by atoms with Crippen LogP contribution in [-0.2, 0) is 19.1 Å². The third-order valence-electron chi connectivity index (χ3n) is 6.76. The molecule has 0 saturated carbocycles. The van der Waals surface area contributed by atoms with Crippen LogP contribution in [0.25, 0.3) is 0 Å². The normalized spacial score (nSPS) is 13.4. The summed E-state index contributed by atoms with van der Waals surface area (Å²) in [5.74, 6) is 0.0108. The molecule has 3 N–H and O–H groups in total. The van der Waals surface area contributed by atoms with Crippen LogP contribution in [0.15, 0.2) is 11.6 Å². The van der Waals surface area contributed by atoms with Crippen LogP contribution in [0.5, 0.6) is 0 Å². The van der Waals surface area contributed by atoms with E-state index in [1.165, 1.54) is 24.8 Å². The van der Waals surface area contributed by atoms with Gasteiger partial charge in [0.05, 0.1) is 18.4 Å². The maximum Gasteiger partial charge on any atom is 0.308 e. The number of esters is 1. The van der Waals surface area contributed by atoms with Crippen LogP contribution < -0.4 is 11.1 Å². The first-order chi connectivity index (χ1) is 17.5. The Morgan fingerprint density at radius 2 is 1.53 bits per heavy atom. The first kappa shape index (κ1) is 34.6. The maximum atomic E-state index is 12.8. The Hall–Kier alpha value is -1.40. The van der Waals surface area contributed by atoms with Crippen molar-refractivity contribution in [2.75, 3.05) is 33.4 Å². The molecule has 0 aromatic carbocycles. The van der Waals surface area contributed by atoms with Gasteiger partial charge in [0.15, 0.2) is 0 Å². The Morgan fingerprint density at radius 1 is 0.833 bits per heavy atom. The fourth-order valence-corrected chi connectivity index (χ4v) is 4.61. The molecule has 0 rings (SSSR count). The number of unbranched alkanes of at least 4 members (excludes halogenated alkanes) is 7. The number of nitrogens with one attached hydrogen (secondary N) is 1. The lowest BCUT2D eigenvalue weighted by Gasteiger charge is -2.20. The second-order valence-corrected chi connectivity index (χ2v) is 9.97. The van der Waals surface area contributed by atoms with E-state index in [4.69, 9.17) is 15.2 Å². The molecule has 0 aliphatic rings. The van der Waals surface area contributed by atoms with E-state index in [1.807, 2.05) is 0 Å². The zero-order valence-electron chi connectivity index (χ0n) is 24.1. The Morgan fingerprint density at radius 3 is 2.19 bits per heavy atom. The van der Waals surface area contributed by atoms with Crippen molar-refractivity contribution in [2.45, 2.75) is 124 Å². The van der Waals surface area contributed by atoms with Crippen LogP contribution in [0, 0.1) is 11.8 Å². The van der Waals surface area contributed by atoms with Gasteiger partial charge in [-0.3, -0.25) is 9.59 Å². The number of hydrogen-bond donors (Lipinski definition) is 2. The van der Waals surface area contributed by atoms with E-state index < -0.39 is 0 Å². The number of amides is 1. The highest BCUT2D eigenvalue weighted by atomic mass is 16.5. The molecule has 0 aromatic heterocycles. The van der Waals surface area contributed by atoms with E-state index in [0.717, 1.165) is 77.0 Å². The zero-order valence-corrected chi connectivity index (χ0v) is 24.1. The topological polar surface area (TPSA) is 90.7 Å². The van der Waals surface area contributed by atoms with Crippen LogP contribution >= 0.6 is 0 Å². The minimum Gasteiger partial charge on any atom is -0.465 e. The molecule has 0 aliphatic carbocycles. The van der Waals surface area contributed by atoms with Gasteiger partial charge in [-0.05, 0) is 64.3 Å². The summed E-state index contributed by atoms with van der Waals surface area (Å²) in [6.45, 7) is 8.86. The number of carbonyl (C=O) groups is 2. The summed E-state index contributed by atoms with van der Waals surface area (Å²) in [7, 11) is 1.71. The molecule has 2 unspecified atom stereocenters. The van der Waals surface area contributed by atoms with Crippen molar-refractivity contribution in [3.63, 3.8) is 0 Å². The van der Waals surface area contributed by atoms with Gasteiger partial charge in [0.2, 0.25) is 5.91 Å². The van der Waals surface area contributed by atoms with Crippen molar-refractivity contribution in [2.24, 2.45) is 17.6 Å². The summed E-state index contributed by atoms with van der Waals surface area (Å²) in [5, 5.41) is 3.12. The lowest BCUT2D eigenvalue weighted by atomic mass is 9.90. The van der Waals surface area contributed by atoms with Crippen LogP contribution in [-0.4, -0.2) is 45.3 Å². The first-order valence-electron chi connectivity index (χ1n) is 14.9. The SMILES string of the molecule is CC/C=C(/CCCOC)C(CCN)C(=O)NCCCCCCOC(=O)C(CCCC)CCCCCC. The number of nitrogens with two attached hydrogens (primary N) is 1. The van der Waals surface area contributed by atoms with Gasteiger partial charge in [-0.15, -0.1) is 0 Å². The van der Waals surface area contributed by atoms with E-state index >= 15 is 0 Å². The van der Waals surface area contributed by atoms with E-state index in [2.05, 4.69) is 32.2 Å². The van der Waals surface area contributed by atoms with Crippen molar-refractivity contribution >= 4 is 11.9 Å². The first-order valence-corrected chi connectivity index (χ1v) is 14.9. The number of methoxy groups -OCH3 is 1. The van der Waals surface area contributed by atoms with Gasteiger partial charge in [-0.2, -0.15) is 0 Å². The Balaban J connectivity index is 4.23. The number of carbonyl (C=O) groups excluding carboxylic acids is 2. The maximum absolute atomic E-state index is 12.8. The Labute approximate surface area is 222 Å². The number of hydrogen-bond acceptors (Lipinski definition) is 5. The van der Waals surface area contributed by atoms with Gasteiger partial charge in [0.25, 0.3) is 0 Å². The molecule has 0 aromatic rings. The second-order valence-electron chi connectivity index (χ2n) is 9.97. The molecule has 0 heterocycles. The molecule has 1 amide bonds. The standard InChI is InChI=1S/C30H58N2O4/c1-5-8-10-13-19-27(18-9-6-2)30(34)36-25-15-12-11-14-23-32-29(33)28(21-22-31)26(17-7-3)20-16-24-35-4/h17,27-28H,5-16,18-25,31H2,1-4H3,(H,32,33)/b26-17-. The molecule has 0 aliphatic heterocycles. The molecule has 6 heteroatoms. The average Bonchev–Trinajstić information content (AvgIpc) is 2.87. The molecule has 0 saturated heterocycles. The molecule has 2 atom stereocenters. The van der Waals surface area contributed by atoms with Crippen LogP contribution in [0.2, 0.25) is 0 Å². The van der Waals surface area contributed by atoms with Crippen molar-refractivity contribution in [3.8, 4) is 0 Å². The second kappa shape index (κ2) is 25.3. The molecule has 212 valence electrons. The summed E-state index contributed by atoms with van der Waals surface area (Å²) >= 11 is 0.